The van der Waals surface area contributed by atoms with Crippen molar-refractivity contribution in [3.05, 3.63) is 58.9 Å². The smallest absolute Gasteiger partial charge is 0.251 e. The van der Waals surface area contributed by atoms with Gasteiger partial charge in [0.05, 0.1) is 17.9 Å². The number of benzene rings is 1. The molecule has 1 aliphatic heterocycles. The van der Waals surface area contributed by atoms with Crippen molar-refractivity contribution in [3.63, 3.8) is 0 Å². The van der Waals surface area contributed by atoms with Crippen LogP contribution in [0.1, 0.15) is 46.2 Å². The zero-order chi connectivity index (χ0) is 18.1. The van der Waals surface area contributed by atoms with Gasteiger partial charge >= 0.3 is 0 Å². The van der Waals surface area contributed by atoms with E-state index in [4.69, 9.17) is 0 Å². The summed E-state index contributed by atoms with van der Waals surface area (Å²) in [6, 6.07) is 9.49. The standard InChI is InChI=1S/C19H22N6O/c1-13-11-14(2)25(23-13)16-8-6-15(7-9-16)19(26)20-12-18-22-21-17-5-3-4-10-24(17)18/h6-9,11H,3-5,10,12H2,1-2H3,(H,20,26). The molecule has 0 unspecified atom stereocenters. The second-order valence-electron chi connectivity index (χ2n) is 6.71. The topological polar surface area (TPSA) is 77.6 Å². The SMILES string of the molecule is Cc1cc(C)n(-c2ccc(C(=O)NCc3nnc4n3CCCC4)cc2)n1. The number of nitrogens with one attached hydrogen (secondary N) is 1. The monoisotopic (exact) mass is 350 g/mol. The number of nitrogens with zero attached hydrogens (tertiary/aromatic N) is 5. The van der Waals surface area contributed by atoms with Crippen molar-refractivity contribution in [2.24, 2.45) is 0 Å². The van der Waals surface area contributed by atoms with Gasteiger partial charge < -0.3 is 9.88 Å². The molecule has 26 heavy (non-hydrogen) atoms. The van der Waals surface area contributed by atoms with Gasteiger partial charge in [0.25, 0.3) is 5.91 Å². The second-order valence-corrected chi connectivity index (χ2v) is 6.71. The average Bonchev–Trinajstić information content (AvgIpc) is 3.22. The van der Waals surface area contributed by atoms with Crippen LogP contribution >= 0.6 is 0 Å². The minimum absolute atomic E-state index is 0.113. The fourth-order valence-electron chi connectivity index (χ4n) is 3.40. The van der Waals surface area contributed by atoms with Crippen molar-refractivity contribution < 1.29 is 4.79 Å². The van der Waals surface area contributed by atoms with E-state index in [9.17, 15) is 4.79 Å². The van der Waals surface area contributed by atoms with Gasteiger partial charge in [-0.25, -0.2) is 4.68 Å². The fraction of sp³-hybridized carbons (Fsp3) is 0.368. The van der Waals surface area contributed by atoms with E-state index in [-0.39, 0.29) is 5.91 Å². The van der Waals surface area contributed by atoms with Crippen LogP contribution in [0.3, 0.4) is 0 Å². The van der Waals surface area contributed by atoms with E-state index >= 15 is 0 Å². The van der Waals surface area contributed by atoms with Crippen LogP contribution in [-0.4, -0.2) is 30.5 Å². The minimum atomic E-state index is -0.113. The molecule has 0 fully saturated rings. The molecule has 3 aromatic rings. The Balaban J connectivity index is 1.44. The van der Waals surface area contributed by atoms with Crippen molar-refractivity contribution in [2.75, 3.05) is 0 Å². The lowest BCUT2D eigenvalue weighted by Gasteiger charge is -2.14. The summed E-state index contributed by atoms with van der Waals surface area (Å²) in [7, 11) is 0. The van der Waals surface area contributed by atoms with Crippen molar-refractivity contribution in [2.45, 2.75) is 46.2 Å². The average molecular weight is 350 g/mol. The summed E-state index contributed by atoms with van der Waals surface area (Å²) < 4.78 is 4.00. The lowest BCUT2D eigenvalue weighted by Crippen LogP contribution is -2.25. The Bertz CT molecular complexity index is 938. The van der Waals surface area contributed by atoms with Gasteiger partial charge in [-0.05, 0) is 57.0 Å². The molecule has 0 saturated heterocycles. The molecular weight excluding hydrogens is 328 g/mol. The van der Waals surface area contributed by atoms with Crippen LogP contribution < -0.4 is 5.32 Å². The highest BCUT2D eigenvalue weighted by Crippen LogP contribution is 2.15. The van der Waals surface area contributed by atoms with E-state index < -0.39 is 0 Å². The molecule has 0 radical (unpaired) electrons. The highest BCUT2D eigenvalue weighted by Gasteiger charge is 2.16. The highest BCUT2D eigenvalue weighted by molar-refractivity contribution is 5.94. The van der Waals surface area contributed by atoms with Crippen molar-refractivity contribution in [1.82, 2.24) is 29.9 Å². The van der Waals surface area contributed by atoms with Crippen LogP contribution in [-0.2, 0) is 19.5 Å². The number of carbonyl (C=O) groups is 1. The Morgan fingerprint density at radius 2 is 1.96 bits per heavy atom. The van der Waals surface area contributed by atoms with Gasteiger partial charge in [0.2, 0.25) is 0 Å². The molecule has 1 N–H and O–H groups in total. The lowest BCUT2D eigenvalue weighted by molar-refractivity contribution is 0.0949. The fourth-order valence-corrected chi connectivity index (χ4v) is 3.40. The molecule has 1 aromatic carbocycles. The maximum Gasteiger partial charge on any atom is 0.251 e. The number of hydrogen-bond donors (Lipinski definition) is 1. The van der Waals surface area contributed by atoms with Crippen LogP contribution in [0.25, 0.3) is 5.69 Å². The molecule has 0 saturated carbocycles. The molecule has 0 aliphatic carbocycles. The maximum absolute atomic E-state index is 12.4. The normalized spacial score (nSPS) is 13.5. The Hall–Kier alpha value is -2.96. The van der Waals surface area contributed by atoms with E-state index in [1.807, 2.05) is 48.9 Å². The second kappa shape index (κ2) is 6.74. The summed E-state index contributed by atoms with van der Waals surface area (Å²) in [4.78, 5) is 12.4. The Labute approximate surface area is 152 Å². The predicted molar refractivity (Wildman–Crippen MR) is 97.2 cm³/mol. The van der Waals surface area contributed by atoms with Crippen LogP contribution in [0.2, 0.25) is 0 Å². The summed E-state index contributed by atoms with van der Waals surface area (Å²) in [5.41, 5.74) is 3.60. The molecule has 3 heterocycles. The molecule has 134 valence electrons. The molecule has 7 nitrogen and oxygen atoms in total. The van der Waals surface area contributed by atoms with E-state index in [1.54, 1.807) is 0 Å². The molecular formula is C19H22N6O. The van der Waals surface area contributed by atoms with Gasteiger partial charge in [-0.3, -0.25) is 4.79 Å². The maximum atomic E-state index is 12.4. The van der Waals surface area contributed by atoms with Gasteiger partial charge in [-0.15, -0.1) is 10.2 Å². The van der Waals surface area contributed by atoms with Gasteiger partial charge in [-0.2, -0.15) is 5.10 Å². The number of amides is 1. The zero-order valence-corrected chi connectivity index (χ0v) is 15.1. The third-order valence-corrected chi connectivity index (χ3v) is 4.73. The first kappa shape index (κ1) is 16.5. The largest absolute Gasteiger partial charge is 0.345 e. The Morgan fingerprint density at radius 1 is 1.15 bits per heavy atom. The van der Waals surface area contributed by atoms with Gasteiger partial charge in [-0.1, -0.05) is 0 Å². The quantitative estimate of drug-likeness (QED) is 0.783. The summed E-state index contributed by atoms with van der Waals surface area (Å²) in [6.07, 6.45) is 3.26. The highest BCUT2D eigenvalue weighted by atomic mass is 16.1. The zero-order valence-electron chi connectivity index (χ0n) is 15.1. The first-order chi connectivity index (χ1) is 12.6. The first-order valence-corrected chi connectivity index (χ1v) is 8.94. The summed E-state index contributed by atoms with van der Waals surface area (Å²) in [6.45, 7) is 5.31. The van der Waals surface area contributed by atoms with E-state index in [2.05, 4.69) is 25.2 Å². The predicted octanol–water partition coefficient (Wildman–Crippen LogP) is 2.35. The molecule has 1 aliphatic rings. The van der Waals surface area contributed by atoms with E-state index in [1.165, 1.54) is 0 Å². The summed E-state index contributed by atoms with van der Waals surface area (Å²) >= 11 is 0. The molecule has 0 atom stereocenters. The van der Waals surface area contributed by atoms with E-state index in [0.717, 1.165) is 54.5 Å². The van der Waals surface area contributed by atoms with Gasteiger partial charge in [0, 0.05) is 24.2 Å². The van der Waals surface area contributed by atoms with Crippen molar-refractivity contribution in [1.29, 1.82) is 0 Å². The van der Waals surface area contributed by atoms with Gasteiger partial charge in [0.1, 0.15) is 5.82 Å². The van der Waals surface area contributed by atoms with Crippen LogP contribution in [0.5, 0.6) is 0 Å². The molecule has 0 spiro atoms. The molecule has 7 heteroatoms. The van der Waals surface area contributed by atoms with Crippen LogP contribution in [0.15, 0.2) is 30.3 Å². The number of fused-ring (bicyclic) bond motifs is 1. The number of hydrogen-bond acceptors (Lipinski definition) is 4. The molecule has 1 amide bonds. The lowest BCUT2D eigenvalue weighted by atomic mass is 10.1. The third-order valence-electron chi connectivity index (χ3n) is 4.73. The number of aryl methyl sites for hydroxylation is 3. The number of aromatic nitrogens is 5. The third kappa shape index (κ3) is 3.12. The van der Waals surface area contributed by atoms with Crippen LogP contribution in [0.4, 0.5) is 0 Å². The minimum Gasteiger partial charge on any atom is -0.345 e. The van der Waals surface area contributed by atoms with Crippen molar-refractivity contribution in [3.8, 4) is 5.69 Å². The Morgan fingerprint density at radius 3 is 2.69 bits per heavy atom. The van der Waals surface area contributed by atoms with E-state index in [0.29, 0.717) is 12.1 Å². The molecule has 0 bridgehead atoms. The van der Waals surface area contributed by atoms with Crippen LogP contribution in [0, 0.1) is 13.8 Å². The summed E-state index contributed by atoms with van der Waals surface area (Å²) in [5.74, 6) is 1.74. The first-order valence-electron chi connectivity index (χ1n) is 8.94. The number of rotatable bonds is 4. The molecule has 2 aromatic heterocycles. The Kier molecular flexibility index (Phi) is 4.28. The van der Waals surface area contributed by atoms with Crippen molar-refractivity contribution >= 4 is 5.91 Å². The van der Waals surface area contributed by atoms with Gasteiger partial charge in [0.15, 0.2) is 5.82 Å². The summed E-state index contributed by atoms with van der Waals surface area (Å²) in [5, 5.41) is 15.8. The molecule has 4 rings (SSSR count). The number of carbonyl (C=O) groups excluding carboxylic acids is 1.